The number of halogens is 1. The molecule has 0 atom stereocenters. The Bertz CT molecular complexity index is 1640. The third kappa shape index (κ3) is 5.26. The maximum atomic E-state index is 11.0. The standard InChI is InChI=1S/C24H23ClN5O6P/c25-24-28-21(26-12-15-8-5-7-14-6-1-2-9-16(14)15)18-22(29-24)30(13-27-18)23-20(32)19(31)17(36-23)10-3-4-11-37(33,34)35/h1-2,5-9,13,31-32H,3-4,10-12H2,(H,26,28,29)(H2,33,34,35). The van der Waals surface area contributed by atoms with Gasteiger partial charge >= 0.3 is 7.60 Å². The zero-order chi connectivity index (χ0) is 26.2. The van der Waals surface area contributed by atoms with Gasteiger partial charge in [-0.2, -0.15) is 9.97 Å². The third-order valence-electron chi connectivity index (χ3n) is 5.93. The molecule has 5 rings (SSSR count). The molecule has 5 aromatic rings. The van der Waals surface area contributed by atoms with Gasteiger partial charge in [0, 0.05) is 19.1 Å². The van der Waals surface area contributed by atoms with Gasteiger partial charge in [0.2, 0.25) is 16.8 Å². The van der Waals surface area contributed by atoms with E-state index >= 15 is 0 Å². The highest BCUT2D eigenvalue weighted by molar-refractivity contribution is 7.51. The first-order valence-electron chi connectivity index (χ1n) is 11.4. The fraction of sp³-hybridized carbons (Fsp3) is 0.208. The molecule has 5 N–H and O–H groups in total. The number of furan rings is 1. The van der Waals surface area contributed by atoms with Crippen molar-refractivity contribution in [3.05, 3.63) is 65.4 Å². The lowest BCUT2D eigenvalue weighted by Crippen LogP contribution is -2.04. The van der Waals surface area contributed by atoms with Crippen LogP contribution in [0.15, 0.2) is 53.2 Å². The molecule has 13 heteroatoms. The number of anilines is 1. The number of hydrogen-bond acceptors (Lipinski definition) is 8. The fourth-order valence-electron chi connectivity index (χ4n) is 4.15. The molecule has 0 saturated heterocycles. The van der Waals surface area contributed by atoms with E-state index in [1.54, 1.807) is 0 Å². The Morgan fingerprint density at radius 2 is 1.81 bits per heavy atom. The van der Waals surface area contributed by atoms with Crippen LogP contribution in [0.1, 0.15) is 24.2 Å². The summed E-state index contributed by atoms with van der Waals surface area (Å²) < 4.78 is 18.1. The molecule has 0 aliphatic heterocycles. The lowest BCUT2D eigenvalue weighted by atomic mass is 10.0. The Kier molecular flexibility index (Phi) is 6.78. The van der Waals surface area contributed by atoms with Crippen LogP contribution in [-0.2, 0) is 17.5 Å². The Hall–Kier alpha value is -3.63. The zero-order valence-electron chi connectivity index (χ0n) is 19.4. The second kappa shape index (κ2) is 10.0. The Balaban J connectivity index is 1.42. The summed E-state index contributed by atoms with van der Waals surface area (Å²) in [6, 6.07) is 14.1. The van der Waals surface area contributed by atoms with Crippen LogP contribution in [0.5, 0.6) is 11.5 Å². The number of aromatic nitrogens is 4. The molecule has 0 spiro atoms. The second-order valence-electron chi connectivity index (χ2n) is 8.49. The normalized spacial score (nSPS) is 12.0. The molecule has 2 aromatic carbocycles. The number of unbranched alkanes of at least 4 members (excludes halogenated alkanes) is 1. The number of rotatable bonds is 9. The topological polar surface area (TPSA) is 167 Å². The summed E-state index contributed by atoms with van der Waals surface area (Å²) in [4.78, 5) is 30.9. The fourth-order valence-corrected chi connectivity index (χ4v) is 4.95. The molecule has 0 aliphatic carbocycles. The van der Waals surface area contributed by atoms with Gasteiger partial charge in [-0.1, -0.05) is 42.5 Å². The van der Waals surface area contributed by atoms with Crippen molar-refractivity contribution >= 4 is 47.0 Å². The number of fused-ring (bicyclic) bond motifs is 2. The van der Waals surface area contributed by atoms with Crippen LogP contribution in [0.2, 0.25) is 5.28 Å². The molecule has 0 amide bonds. The van der Waals surface area contributed by atoms with E-state index in [0.717, 1.165) is 16.3 Å². The van der Waals surface area contributed by atoms with Crippen LogP contribution >= 0.6 is 19.2 Å². The van der Waals surface area contributed by atoms with Crippen molar-refractivity contribution < 1.29 is 29.0 Å². The third-order valence-corrected chi connectivity index (χ3v) is 7.00. The summed E-state index contributed by atoms with van der Waals surface area (Å²) in [6.07, 6.45) is 1.83. The molecule has 37 heavy (non-hydrogen) atoms. The molecule has 3 heterocycles. The quantitative estimate of drug-likeness (QED) is 0.0994. The Morgan fingerprint density at radius 1 is 1.03 bits per heavy atom. The first-order valence-corrected chi connectivity index (χ1v) is 13.6. The van der Waals surface area contributed by atoms with Gasteiger partial charge in [-0.25, -0.2) is 9.55 Å². The lowest BCUT2D eigenvalue weighted by molar-refractivity contribution is 0.370. The maximum Gasteiger partial charge on any atom is 0.325 e. The summed E-state index contributed by atoms with van der Waals surface area (Å²) >= 11 is 6.20. The molecule has 0 bridgehead atoms. The van der Waals surface area contributed by atoms with Gasteiger partial charge in [-0.15, -0.1) is 0 Å². The number of nitrogens with zero attached hydrogens (tertiary/aromatic N) is 4. The van der Waals surface area contributed by atoms with Crippen LogP contribution in [0.25, 0.3) is 27.8 Å². The van der Waals surface area contributed by atoms with E-state index in [2.05, 4.69) is 20.3 Å². The average Bonchev–Trinajstić information content (AvgIpc) is 3.40. The molecule has 0 aliphatic rings. The van der Waals surface area contributed by atoms with E-state index in [4.69, 9.17) is 25.8 Å². The molecule has 0 saturated carbocycles. The summed E-state index contributed by atoms with van der Waals surface area (Å²) in [5.74, 6) is -0.615. The van der Waals surface area contributed by atoms with E-state index in [1.165, 1.54) is 10.9 Å². The SMILES string of the molecule is O=P(O)(O)CCCCc1oc(-n2cnc3c(NCc4cccc5ccccc45)nc(Cl)nc32)c(O)c1O. The van der Waals surface area contributed by atoms with Crippen molar-refractivity contribution in [2.45, 2.75) is 25.8 Å². The van der Waals surface area contributed by atoms with Gasteiger partial charge in [0.05, 0.1) is 0 Å². The van der Waals surface area contributed by atoms with Crippen molar-refractivity contribution in [2.75, 3.05) is 11.5 Å². The minimum Gasteiger partial charge on any atom is -0.502 e. The zero-order valence-corrected chi connectivity index (χ0v) is 21.0. The van der Waals surface area contributed by atoms with E-state index in [0.29, 0.717) is 24.3 Å². The largest absolute Gasteiger partial charge is 0.502 e. The number of aromatic hydroxyl groups is 2. The molecule has 0 radical (unpaired) electrons. The van der Waals surface area contributed by atoms with Crippen molar-refractivity contribution in [3.63, 3.8) is 0 Å². The number of benzene rings is 2. The highest BCUT2D eigenvalue weighted by Crippen LogP contribution is 2.41. The number of nitrogens with one attached hydrogen (secondary N) is 1. The van der Waals surface area contributed by atoms with Crippen LogP contribution < -0.4 is 5.32 Å². The smallest absolute Gasteiger partial charge is 0.325 e. The summed E-state index contributed by atoms with van der Waals surface area (Å²) in [5.41, 5.74) is 1.68. The molecule has 3 aromatic heterocycles. The number of imidazole rings is 1. The highest BCUT2D eigenvalue weighted by Gasteiger charge is 2.24. The molecule has 192 valence electrons. The van der Waals surface area contributed by atoms with E-state index in [1.807, 2.05) is 42.5 Å². The second-order valence-corrected chi connectivity index (χ2v) is 10.6. The van der Waals surface area contributed by atoms with Crippen molar-refractivity contribution in [2.24, 2.45) is 0 Å². The number of aryl methyl sites for hydroxylation is 1. The van der Waals surface area contributed by atoms with E-state index in [9.17, 15) is 14.8 Å². The van der Waals surface area contributed by atoms with E-state index < -0.39 is 19.1 Å². The predicted octanol–water partition coefficient (Wildman–Crippen LogP) is 4.74. The first-order chi connectivity index (χ1) is 17.7. The van der Waals surface area contributed by atoms with Gasteiger partial charge in [-0.3, -0.25) is 4.57 Å². The van der Waals surface area contributed by atoms with Crippen LogP contribution in [-0.4, -0.2) is 45.7 Å². The summed E-state index contributed by atoms with van der Waals surface area (Å²) in [6.45, 7) is 0.447. The predicted molar refractivity (Wildman–Crippen MR) is 138 cm³/mol. The van der Waals surface area contributed by atoms with Gasteiger partial charge < -0.3 is 29.7 Å². The molecule has 0 unspecified atom stereocenters. The van der Waals surface area contributed by atoms with Crippen LogP contribution in [0.4, 0.5) is 5.82 Å². The van der Waals surface area contributed by atoms with E-state index in [-0.39, 0.29) is 41.6 Å². The molecule has 11 nitrogen and oxygen atoms in total. The van der Waals surface area contributed by atoms with Gasteiger partial charge in [-0.05, 0) is 40.8 Å². The lowest BCUT2D eigenvalue weighted by Gasteiger charge is -2.10. The number of hydrogen-bond donors (Lipinski definition) is 5. The maximum absolute atomic E-state index is 11.0. The Labute approximate surface area is 215 Å². The first kappa shape index (κ1) is 25.0. The average molecular weight is 544 g/mol. The molecule has 0 fully saturated rings. The van der Waals surface area contributed by atoms with Crippen molar-refractivity contribution in [1.29, 1.82) is 0 Å². The van der Waals surface area contributed by atoms with Crippen molar-refractivity contribution in [3.8, 4) is 17.4 Å². The van der Waals surface area contributed by atoms with Gasteiger partial charge in [0.1, 0.15) is 6.33 Å². The molecular formula is C24H23ClN5O6P. The minimum absolute atomic E-state index is 0.0532. The Morgan fingerprint density at radius 3 is 2.62 bits per heavy atom. The minimum atomic E-state index is -4.11. The summed E-state index contributed by atoms with van der Waals surface area (Å²) in [5, 5.41) is 26.3. The van der Waals surface area contributed by atoms with Gasteiger partial charge in [0.25, 0.3) is 5.88 Å². The van der Waals surface area contributed by atoms with Crippen LogP contribution in [0.3, 0.4) is 0 Å². The molecular weight excluding hydrogens is 521 g/mol. The van der Waals surface area contributed by atoms with Crippen molar-refractivity contribution in [1.82, 2.24) is 19.5 Å². The highest BCUT2D eigenvalue weighted by atomic mass is 35.5. The van der Waals surface area contributed by atoms with Crippen LogP contribution in [0, 0.1) is 0 Å². The monoisotopic (exact) mass is 543 g/mol. The summed E-state index contributed by atoms with van der Waals surface area (Å²) in [7, 11) is -4.11. The van der Waals surface area contributed by atoms with Gasteiger partial charge in [0.15, 0.2) is 22.7 Å².